The van der Waals surface area contributed by atoms with Crippen LogP contribution in [0.25, 0.3) is 0 Å². The number of thiocarbonyl (C=S) groups is 1. The van der Waals surface area contributed by atoms with Gasteiger partial charge in [0, 0.05) is 12.1 Å². The first kappa shape index (κ1) is 15.4. The lowest BCUT2D eigenvalue weighted by Gasteiger charge is -2.11. The summed E-state index contributed by atoms with van der Waals surface area (Å²) in [6, 6.07) is 6.96. The second kappa shape index (κ2) is 7.74. The van der Waals surface area contributed by atoms with E-state index in [9.17, 15) is 4.79 Å². The molecular weight excluding hydrogens is 260 g/mol. The van der Waals surface area contributed by atoms with Crippen LogP contribution in [-0.2, 0) is 0 Å². The van der Waals surface area contributed by atoms with Crippen LogP contribution in [-0.4, -0.2) is 24.2 Å². The maximum absolute atomic E-state index is 11.9. The van der Waals surface area contributed by atoms with Crippen molar-refractivity contribution in [1.29, 1.82) is 0 Å². The molecule has 0 fully saturated rings. The number of amides is 1. The fourth-order valence-electron chi connectivity index (χ4n) is 1.39. The first-order valence-corrected chi connectivity index (χ1v) is 6.75. The minimum atomic E-state index is -0.218. The highest BCUT2D eigenvalue weighted by molar-refractivity contribution is 7.80. The van der Waals surface area contributed by atoms with E-state index in [1.165, 1.54) is 0 Å². The zero-order valence-electron chi connectivity index (χ0n) is 11.5. The van der Waals surface area contributed by atoms with Gasteiger partial charge in [-0.2, -0.15) is 0 Å². The molecular formula is C14H20N2O2S. The number of ether oxygens (including phenoxy) is 1. The van der Waals surface area contributed by atoms with Gasteiger partial charge in [-0.15, -0.1) is 0 Å². The average molecular weight is 280 g/mol. The number of rotatable bonds is 5. The largest absolute Gasteiger partial charge is 0.494 e. The third-order valence-corrected chi connectivity index (χ3v) is 2.57. The van der Waals surface area contributed by atoms with E-state index in [-0.39, 0.29) is 5.91 Å². The Balaban J connectivity index is 2.51. The molecule has 4 nitrogen and oxygen atoms in total. The number of nitrogens with one attached hydrogen (secondary N) is 2. The topological polar surface area (TPSA) is 50.4 Å². The van der Waals surface area contributed by atoms with E-state index < -0.39 is 0 Å². The molecule has 0 aliphatic rings. The quantitative estimate of drug-likeness (QED) is 0.813. The van der Waals surface area contributed by atoms with E-state index in [2.05, 4.69) is 24.5 Å². The van der Waals surface area contributed by atoms with Crippen LogP contribution in [0.15, 0.2) is 24.3 Å². The van der Waals surface area contributed by atoms with Crippen molar-refractivity contribution in [1.82, 2.24) is 10.6 Å². The maximum atomic E-state index is 11.9. The van der Waals surface area contributed by atoms with Crippen molar-refractivity contribution in [2.75, 3.05) is 13.2 Å². The van der Waals surface area contributed by atoms with Gasteiger partial charge in [0.2, 0.25) is 0 Å². The normalized spacial score (nSPS) is 10.1. The molecule has 1 aromatic rings. The van der Waals surface area contributed by atoms with Crippen LogP contribution in [0.3, 0.4) is 0 Å². The molecule has 5 heteroatoms. The van der Waals surface area contributed by atoms with Crippen molar-refractivity contribution in [3.05, 3.63) is 29.8 Å². The lowest BCUT2D eigenvalue weighted by molar-refractivity contribution is 0.0976. The Kier molecular flexibility index (Phi) is 6.29. The SMILES string of the molecule is CCOc1ccc(C(=O)NC(=S)NCC(C)C)cc1. The van der Waals surface area contributed by atoms with Crippen LogP contribution >= 0.6 is 12.2 Å². The minimum absolute atomic E-state index is 0.218. The van der Waals surface area contributed by atoms with Crippen molar-refractivity contribution >= 4 is 23.2 Å². The number of benzene rings is 1. The van der Waals surface area contributed by atoms with E-state index in [1.807, 2.05) is 6.92 Å². The molecule has 104 valence electrons. The third kappa shape index (κ3) is 5.70. The van der Waals surface area contributed by atoms with Gasteiger partial charge >= 0.3 is 0 Å². The van der Waals surface area contributed by atoms with E-state index >= 15 is 0 Å². The van der Waals surface area contributed by atoms with Gasteiger partial charge in [-0.3, -0.25) is 10.1 Å². The molecule has 0 aromatic heterocycles. The first-order valence-electron chi connectivity index (χ1n) is 6.35. The molecule has 0 aliphatic carbocycles. The van der Waals surface area contributed by atoms with E-state index in [0.29, 0.717) is 23.2 Å². The Morgan fingerprint density at radius 2 is 1.95 bits per heavy atom. The van der Waals surface area contributed by atoms with Gasteiger partial charge in [0.05, 0.1) is 6.61 Å². The molecule has 0 heterocycles. The molecule has 0 bridgehead atoms. The van der Waals surface area contributed by atoms with Crippen LogP contribution in [0.5, 0.6) is 5.75 Å². The number of carbonyl (C=O) groups excluding carboxylic acids is 1. The Bertz CT molecular complexity index is 430. The van der Waals surface area contributed by atoms with E-state index in [1.54, 1.807) is 24.3 Å². The Morgan fingerprint density at radius 1 is 1.32 bits per heavy atom. The van der Waals surface area contributed by atoms with Crippen molar-refractivity contribution in [3.63, 3.8) is 0 Å². The fourth-order valence-corrected chi connectivity index (χ4v) is 1.56. The number of hydrogen-bond acceptors (Lipinski definition) is 3. The Hall–Kier alpha value is -1.62. The molecule has 0 unspecified atom stereocenters. The van der Waals surface area contributed by atoms with Gasteiger partial charge in [-0.25, -0.2) is 0 Å². The van der Waals surface area contributed by atoms with Crippen molar-refractivity contribution in [3.8, 4) is 5.75 Å². The lowest BCUT2D eigenvalue weighted by atomic mass is 10.2. The summed E-state index contributed by atoms with van der Waals surface area (Å²) < 4.78 is 5.32. The van der Waals surface area contributed by atoms with Gasteiger partial charge < -0.3 is 10.1 Å². The summed E-state index contributed by atoms with van der Waals surface area (Å²) in [5.41, 5.74) is 0.553. The molecule has 19 heavy (non-hydrogen) atoms. The standard InChI is InChI=1S/C14H20N2O2S/c1-4-18-12-7-5-11(6-8-12)13(17)16-14(19)15-9-10(2)3/h5-8,10H,4,9H2,1-3H3,(H2,15,16,17,19). The van der Waals surface area contributed by atoms with Crippen LogP contribution in [0, 0.1) is 5.92 Å². The summed E-state index contributed by atoms with van der Waals surface area (Å²) in [4.78, 5) is 11.9. The van der Waals surface area contributed by atoms with Crippen LogP contribution in [0.4, 0.5) is 0 Å². The molecule has 0 spiro atoms. The van der Waals surface area contributed by atoms with Crippen molar-refractivity contribution in [2.45, 2.75) is 20.8 Å². The highest BCUT2D eigenvalue weighted by atomic mass is 32.1. The molecule has 0 radical (unpaired) electrons. The first-order chi connectivity index (χ1) is 9.02. The van der Waals surface area contributed by atoms with Crippen LogP contribution in [0.2, 0.25) is 0 Å². The second-order valence-electron chi connectivity index (χ2n) is 4.52. The fraction of sp³-hybridized carbons (Fsp3) is 0.429. The molecule has 2 N–H and O–H groups in total. The summed E-state index contributed by atoms with van der Waals surface area (Å²) in [7, 11) is 0. The predicted octanol–water partition coefficient (Wildman–Crippen LogP) is 2.35. The predicted molar refractivity (Wildman–Crippen MR) is 80.5 cm³/mol. The van der Waals surface area contributed by atoms with Crippen molar-refractivity contribution in [2.24, 2.45) is 5.92 Å². The zero-order chi connectivity index (χ0) is 14.3. The second-order valence-corrected chi connectivity index (χ2v) is 4.92. The van der Waals surface area contributed by atoms with Gasteiger partial charge in [-0.05, 0) is 49.3 Å². The van der Waals surface area contributed by atoms with Gasteiger partial charge in [0.15, 0.2) is 5.11 Å². The Morgan fingerprint density at radius 3 is 2.47 bits per heavy atom. The van der Waals surface area contributed by atoms with E-state index in [0.717, 1.165) is 12.3 Å². The molecule has 1 amide bonds. The molecule has 1 rings (SSSR count). The molecule has 0 aliphatic heterocycles. The maximum Gasteiger partial charge on any atom is 0.257 e. The van der Waals surface area contributed by atoms with Gasteiger partial charge in [0.25, 0.3) is 5.91 Å². The minimum Gasteiger partial charge on any atom is -0.494 e. The van der Waals surface area contributed by atoms with Crippen molar-refractivity contribution < 1.29 is 9.53 Å². The highest BCUT2D eigenvalue weighted by Crippen LogP contribution is 2.11. The third-order valence-electron chi connectivity index (χ3n) is 2.33. The van der Waals surface area contributed by atoms with Crippen LogP contribution < -0.4 is 15.4 Å². The monoisotopic (exact) mass is 280 g/mol. The molecule has 0 saturated heterocycles. The Labute approximate surface area is 119 Å². The molecule has 0 atom stereocenters. The molecule has 0 saturated carbocycles. The summed E-state index contributed by atoms with van der Waals surface area (Å²) in [5.74, 6) is 1.00. The van der Waals surface area contributed by atoms with Gasteiger partial charge in [-0.1, -0.05) is 13.8 Å². The number of hydrogen-bond donors (Lipinski definition) is 2. The highest BCUT2D eigenvalue weighted by Gasteiger charge is 2.07. The summed E-state index contributed by atoms with van der Waals surface area (Å²) >= 11 is 5.05. The summed E-state index contributed by atoms with van der Waals surface area (Å²) in [5, 5.41) is 5.99. The number of carbonyl (C=O) groups is 1. The zero-order valence-corrected chi connectivity index (χ0v) is 12.3. The van der Waals surface area contributed by atoms with E-state index in [4.69, 9.17) is 17.0 Å². The van der Waals surface area contributed by atoms with Gasteiger partial charge in [0.1, 0.15) is 5.75 Å². The van der Waals surface area contributed by atoms with Crippen LogP contribution in [0.1, 0.15) is 31.1 Å². The average Bonchev–Trinajstić information content (AvgIpc) is 2.37. The smallest absolute Gasteiger partial charge is 0.257 e. The summed E-state index contributed by atoms with van der Waals surface area (Å²) in [6.45, 7) is 7.41. The summed E-state index contributed by atoms with van der Waals surface area (Å²) in [6.07, 6.45) is 0. The lowest BCUT2D eigenvalue weighted by Crippen LogP contribution is -2.40. The molecule has 1 aromatic carbocycles.